The number of alkyl halides is 3. The van der Waals surface area contributed by atoms with Crippen molar-refractivity contribution in [2.75, 3.05) is 11.6 Å². The number of rotatable bonds is 4. The normalized spacial score (nSPS) is 12.2. The summed E-state index contributed by atoms with van der Waals surface area (Å²) < 4.78 is 66.6. The molecule has 2 aromatic carbocycles. The van der Waals surface area contributed by atoms with Gasteiger partial charge in [0.15, 0.2) is 0 Å². The Bertz CT molecular complexity index is 1050. The van der Waals surface area contributed by atoms with Gasteiger partial charge in [0, 0.05) is 11.9 Å². The van der Waals surface area contributed by atoms with Crippen molar-refractivity contribution in [2.24, 2.45) is 0 Å². The second kappa shape index (κ2) is 6.45. The number of aromatic nitrogens is 2. The van der Waals surface area contributed by atoms with E-state index in [1.807, 2.05) is 0 Å². The molecule has 0 aliphatic heterocycles. The molecule has 0 atom stereocenters. The molecule has 10 heteroatoms. The summed E-state index contributed by atoms with van der Waals surface area (Å²) in [6, 6.07) is 11.2. The van der Waals surface area contributed by atoms with Crippen LogP contribution >= 0.6 is 0 Å². The van der Waals surface area contributed by atoms with Gasteiger partial charge in [-0.2, -0.15) is 13.2 Å². The van der Waals surface area contributed by atoms with Gasteiger partial charge >= 0.3 is 11.4 Å². The summed E-state index contributed by atoms with van der Waals surface area (Å²) in [5.41, 5.74) is 0.148. The lowest BCUT2D eigenvalue weighted by Gasteiger charge is -2.12. The zero-order valence-electron chi connectivity index (χ0n) is 13.3. The maximum absolute atomic E-state index is 12.8. The zero-order chi connectivity index (χ0) is 18.9. The smallest absolute Gasteiger partial charge is 0.408 e. The van der Waals surface area contributed by atoms with E-state index in [0.717, 1.165) is 18.4 Å². The summed E-state index contributed by atoms with van der Waals surface area (Å²) in [5, 5.41) is 9.49. The molecule has 0 aliphatic carbocycles. The van der Waals surface area contributed by atoms with Crippen LogP contribution in [-0.2, 0) is 16.0 Å². The monoisotopic (exact) mass is 383 g/mol. The lowest BCUT2D eigenvalue weighted by Crippen LogP contribution is -2.05. The van der Waals surface area contributed by atoms with Crippen molar-refractivity contribution >= 4 is 21.2 Å². The van der Waals surface area contributed by atoms with Gasteiger partial charge in [0.05, 0.1) is 16.8 Å². The van der Waals surface area contributed by atoms with Gasteiger partial charge in [0.2, 0.25) is 9.84 Å². The van der Waals surface area contributed by atoms with Crippen molar-refractivity contribution in [3.63, 3.8) is 0 Å². The molecule has 26 heavy (non-hydrogen) atoms. The van der Waals surface area contributed by atoms with Crippen molar-refractivity contribution in [1.29, 1.82) is 0 Å². The average Bonchev–Trinajstić information content (AvgIpc) is 3.05. The summed E-state index contributed by atoms with van der Waals surface area (Å²) in [7, 11) is -3.67. The number of nitrogens with zero attached hydrogens (tertiary/aromatic N) is 2. The molecule has 0 fully saturated rings. The third kappa shape index (κ3) is 3.85. The molecular weight excluding hydrogens is 371 g/mol. The summed E-state index contributed by atoms with van der Waals surface area (Å²) in [5.74, 6) is -0.0690. The van der Waals surface area contributed by atoms with Crippen LogP contribution in [0.25, 0.3) is 11.5 Å². The van der Waals surface area contributed by atoms with Crippen molar-refractivity contribution in [3.05, 3.63) is 54.1 Å². The molecule has 1 aromatic heterocycles. The maximum atomic E-state index is 12.8. The van der Waals surface area contributed by atoms with Crippen LogP contribution in [-0.4, -0.2) is 24.9 Å². The predicted molar refractivity (Wildman–Crippen MR) is 87.6 cm³/mol. The van der Waals surface area contributed by atoms with Gasteiger partial charge in [-0.1, -0.05) is 23.3 Å². The topological polar surface area (TPSA) is 85.1 Å². The van der Waals surface area contributed by atoms with Crippen LogP contribution in [0.5, 0.6) is 0 Å². The molecule has 0 unspecified atom stereocenters. The third-order valence-corrected chi connectivity index (χ3v) is 4.15. The molecule has 0 spiro atoms. The van der Waals surface area contributed by atoms with Gasteiger partial charge in [-0.05, 0) is 30.3 Å². The van der Waals surface area contributed by atoms with E-state index in [9.17, 15) is 21.6 Å². The molecular formula is C16H12F3N3O3S. The van der Waals surface area contributed by atoms with Crippen molar-refractivity contribution in [2.45, 2.75) is 11.4 Å². The minimum atomic E-state index is -4.46. The van der Waals surface area contributed by atoms with Crippen molar-refractivity contribution in [1.82, 2.24) is 10.2 Å². The van der Waals surface area contributed by atoms with E-state index in [4.69, 9.17) is 4.42 Å². The third-order valence-electron chi connectivity index (χ3n) is 3.35. The highest BCUT2D eigenvalue weighted by molar-refractivity contribution is 7.90. The molecule has 136 valence electrons. The van der Waals surface area contributed by atoms with Gasteiger partial charge in [0.1, 0.15) is 0 Å². The fourth-order valence-corrected chi connectivity index (χ4v) is 2.60. The molecule has 0 saturated heterocycles. The number of sulfone groups is 1. The lowest BCUT2D eigenvalue weighted by atomic mass is 10.1. The van der Waals surface area contributed by atoms with Crippen LogP contribution in [0.1, 0.15) is 5.56 Å². The zero-order valence-corrected chi connectivity index (χ0v) is 14.1. The highest BCUT2D eigenvalue weighted by Crippen LogP contribution is 2.33. The predicted octanol–water partition coefficient (Wildman–Crippen LogP) is 3.90. The average molecular weight is 383 g/mol. The second-order valence-corrected chi connectivity index (χ2v) is 7.29. The van der Waals surface area contributed by atoms with Crippen LogP contribution in [0, 0.1) is 0 Å². The van der Waals surface area contributed by atoms with E-state index in [-0.39, 0.29) is 11.6 Å². The number of para-hydroxylation sites is 1. The highest BCUT2D eigenvalue weighted by Gasteiger charge is 2.30. The van der Waals surface area contributed by atoms with E-state index >= 15 is 0 Å². The summed E-state index contributed by atoms with van der Waals surface area (Å²) in [6.07, 6.45) is -3.54. The standard InChI is InChI=1S/C16H12F3N3O3S/c1-26(23,24)15-22-21-14(25-15)12-7-2-3-8-13(12)20-11-6-4-5-10(9-11)16(17,18)19/h2-9,20H,1H3. The summed E-state index contributed by atoms with van der Waals surface area (Å²) in [4.78, 5) is 0. The Morgan fingerprint density at radius 2 is 1.77 bits per heavy atom. The first-order valence-electron chi connectivity index (χ1n) is 7.22. The quantitative estimate of drug-likeness (QED) is 0.735. The van der Waals surface area contributed by atoms with Crippen LogP contribution in [0.15, 0.2) is 58.2 Å². The van der Waals surface area contributed by atoms with Crippen LogP contribution in [0.4, 0.5) is 24.5 Å². The lowest BCUT2D eigenvalue weighted by molar-refractivity contribution is -0.137. The number of benzene rings is 2. The van der Waals surface area contributed by atoms with Crippen molar-refractivity contribution in [3.8, 4) is 11.5 Å². The van der Waals surface area contributed by atoms with Gasteiger partial charge in [-0.25, -0.2) is 8.42 Å². The summed E-state index contributed by atoms with van der Waals surface area (Å²) >= 11 is 0. The van der Waals surface area contributed by atoms with E-state index in [1.165, 1.54) is 12.1 Å². The fraction of sp³-hybridized carbons (Fsp3) is 0.125. The Kier molecular flexibility index (Phi) is 4.45. The van der Waals surface area contributed by atoms with E-state index < -0.39 is 26.8 Å². The van der Waals surface area contributed by atoms with Gasteiger partial charge in [0.25, 0.3) is 5.89 Å². The Morgan fingerprint density at radius 1 is 1.04 bits per heavy atom. The molecule has 0 aliphatic rings. The Balaban J connectivity index is 1.97. The molecule has 3 rings (SSSR count). The van der Waals surface area contributed by atoms with Crippen LogP contribution < -0.4 is 5.32 Å². The largest absolute Gasteiger partial charge is 0.416 e. The molecule has 3 aromatic rings. The number of hydrogen-bond acceptors (Lipinski definition) is 6. The number of halogens is 3. The van der Waals surface area contributed by atoms with E-state index in [0.29, 0.717) is 11.3 Å². The van der Waals surface area contributed by atoms with Gasteiger partial charge in [-0.15, -0.1) is 5.10 Å². The van der Waals surface area contributed by atoms with Gasteiger partial charge in [-0.3, -0.25) is 0 Å². The Hall–Kier alpha value is -2.88. The Labute approximate surface area is 146 Å². The SMILES string of the molecule is CS(=O)(=O)c1nnc(-c2ccccc2Nc2cccc(C(F)(F)F)c2)o1. The van der Waals surface area contributed by atoms with Gasteiger partial charge < -0.3 is 9.73 Å². The first kappa shape index (κ1) is 17.9. The maximum Gasteiger partial charge on any atom is 0.416 e. The molecule has 0 radical (unpaired) electrons. The molecule has 1 heterocycles. The van der Waals surface area contributed by atoms with E-state index in [1.54, 1.807) is 24.3 Å². The van der Waals surface area contributed by atoms with Crippen molar-refractivity contribution < 1.29 is 26.0 Å². The second-order valence-electron chi connectivity index (χ2n) is 5.39. The first-order valence-corrected chi connectivity index (χ1v) is 9.11. The molecule has 6 nitrogen and oxygen atoms in total. The Morgan fingerprint density at radius 3 is 2.42 bits per heavy atom. The summed E-state index contributed by atoms with van der Waals surface area (Å²) in [6.45, 7) is 0. The number of hydrogen-bond donors (Lipinski definition) is 1. The minimum absolute atomic E-state index is 0.0690. The molecule has 1 N–H and O–H groups in total. The van der Waals surface area contributed by atoms with Crippen LogP contribution in [0.2, 0.25) is 0 Å². The number of anilines is 2. The molecule has 0 saturated carbocycles. The molecule has 0 amide bonds. The van der Waals surface area contributed by atoms with Crippen LogP contribution in [0.3, 0.4) is 0 Å². The fourth-order valence-electron chi connectivity index (χ4n) is 2.18. The minimum Gasteiger partial charge on any atom is -0.408 e. The number of nitrogens with one attached hydrogen (secondary N) is 1. The molecule has 0 bridgehead atoms. The van der Waals surface area contributed by atoms with E-state index in [2.05, 4.69) is 15.5 Å². The first-order chi connectivity index (χ1) is 12.1. The highest BCUT2D eigenvalue weighted by atomic mass is 32.2.